The number of carbonyl (C=O) groups is 1. The van der Waals surface area contributed by atoms with E-state index in [9.17, 15) is 4.79 Å². The van der Waals surface area contributed by atoms with E-state index in [-0.39, 0.29) is 12.3 Å². The normalized spacial score (nSPS) is 15.9. The van der Waals surface area contributed by atoms with E-state index in [1.807, 2.05) is 42.5 Å². The molecule has 1 heterocycles. The zero-order valence-electron chi connectivity index (χ0n) is 11.7. The average Bonchev–Trinajstić information content (AvgIpc) is 3.05. The molecule has 1 aliphatic heterocycles. The minimum absolute atomic E-state index is 0.288. The Morgan fingerprint density at radius 2 is 2.05 bits per heavy atom. The van der Waals surface area contributed by atoms with Crippen LogP contribution < -0.4 is 0 Å². The van der Waals surface area contributed by atoms with Gasteiger partial charge in [-0.25, -0.2) is 4.79 Å². The molecule has 3 rings (SSSR count). The predicted octanol–water partition coefficient (Wildman–Crippen LogP) is 3.01. The molecule has 1 aliphatic rings. The highest BCUT2D eigenvalue weighted by atomic mass is 16.7. The van der Waals surface area contributed by atoms with Crippen LogP contribution in [0.2, 0.25) is 0 Å². The van der Waals surface area contributed by atoms with Gasteiger partial charge in [0.05, 0.1) is 25.9 Å². The smallest absolute Gasteiger partial charge is 0.337 e. The molecular weight excluding hydrogens is 268 g/mol. The van der Waals surface area contributed by atoms with Crippen LogP contribution in [0.4, 0.5) is 0 Å². The number of esters is 1. The monoisotopic (exact) mass is 284 g/mol. The molecule has 21 heavy (non-hydrogen) atoms. The summed E-state index contributed by atoms with van der Waals surface area (Å²) in [6, 6.07) is 11.5. The highest BCUT2D eigenvalue weighted by Gasteiger charge is 2.12. The summed E-state index contributed by atoms with van der Waals surface area (Å²) in [5.74, 6) is -0.335. The van der Waals surface area contributed by atoms with Crippen LogP contribution in [0.1, 0.15) is 15.9 Å². The van der Waals surface area contributed by atoms with Crippen LogP contribution in [0.15, 0.2) is 42.5 Å². The van der Waals surface area contributed by atoms with Gasteiger partial charge in [0.1, 0.15) is 0 Å². The van der Waals surface area contributed by atoms with Gasteiger partial charge in [0, 0.05) is 0 Å². The van der Waals surface area contributed by atoms with E-state index in [2.05, 4.69) is 0 Å². The molecule has 1 fully saturated rings. The van der Waals surface area contributed by atoms with Crippen LogP contribution in [-0.4, -0.2) is 32.6 Å². The van der Waals surface area contributed by atoms with Crippen molar-refractivity contribution in [3.63, 3.8) is 0 Å². The van der Waals surface area contributed by atoms with Gasteiger partial charge in [0.25, 0.3) is 0 Å². The van der Waals surface area contributed by atoms with Crippen molar-refractivity contribution in [1.29, 1.82) is 0 Å². The zero-order valence-corrected chi connectivity index (χ0v) is 11.7. The van der Waals surface area contributed by atoms with Crippen LogP contribution in [0.3, 0.4) is 0 Å². The SMILES string of the molecule is COC(=O)c1ccc2cccc(/C=C/C3OCCO3)c2c1. The molecular formula is C17H16O4. The third kappa shape index (κ3) is 2.96. The number of carbonyl (C=O) groups excluding carboxylic acids is 1. The molecule has 0 aromatic heterocycles. The summed E-state index contributed by atoms with van der Waals surface area (Å²) < 4.78 is 15.5. The van der Waals surface area contributed by atoms with E-state index in [0.717, 1.165) is 16.3 Å². The van der Waals surface area contributed by atoms with Gasteiger partial charge in [-0.2, -0.15) is 0 Å². The number of fused-ring (bicyclic) bond motifs is 1. The van der Waals surface area contributed by atoms with E-state index in [4.69, 9.17) is 14.2 Å². The van der Waals surface area contributed by atoms with Crippen molar-refractivity contribution < 1.29 is 19.0 Å². The molecule has 0 amide bonds. The Kier molecular flexibility index (Phi) is 3.99. The van der Waals surface area contributed by atoms with Gasteiger partial charge < -0.3 is 14.2 Å². The third-order valence-electron chi connectivity index (χ3n) is 3.42. The molecule has 0 unspecified atom stereocenters. The third-order valence-corrected chi connectivity index (χ3v) is 3.42. The summed E-state index contributed by atoms with van der Waals surface area (Å²) in [4.78, 5) is 11.7. The maximum atomic E-state index is 11.7. The molecule has 2 aromatic carbocycles. The Morgan fingerprint density at radius 3 is 2.81 bits per heavy atom. The lowest BCUT2D eigenvalue weighted by atomic mass is 10.0. The molecule has 108 valence electrons. The van der Waals surface area contributed by atoms with Crippen LogP contribution >= 0.6 is 0 Å². The molecule has 0 bridgehead atoms. The maximum Gasteiger partial charge on any atom is 0.337 e. The lowest BCUT2D eigenvalue weighted by Gasteiger charge is -2.06. The molecule has 4 heteroatoms. The molecule has 2 aromatic rings. The summed E-state index contributed by atoms with van der Waals surface area (Å²) >= 11 is 0. The standard InChI is InChI=1S/C17H16O4/c1-19-17(18)14-6-5-12-3-2-4-13(15(12)11-14)7-8-16-20-9-10-21-16/h2-8,11,16H,9-10H2,1H3/b8-7+. The predicted molar refractivity (Wildman–Crippen MR) is 80.0 cm³/mol. The Balaban J connectivity index is 1.98. The highest BCUT2D eigenvalue weighted by molar-refractivity contribution is 5.98. The molecule has 0 saturated carbocycles. The summed E-state index contributed by atoms with van der Waals surface area (Å²) in [6.45, 7) is 1.24. The zero-order chi connectivity index (χ0) is 14.7. The summed E-state index contributed by atoms with van der Waals surface area (Å²) in [6.07, 6.45) is 3.55. The molecule has 0 atom stereocenters. The first-order valence-electron chi connectivity index (χ1n) is 6.80. The van der Waals surface area contributed by atoms with Crippen molar-refractivity contribution in [2.75, 3.05) is 20.3 Å². The summed E-state index contributed by atoms with van der Waals surface area (Å²) in [7, 11) is 1.38. The minimum atomic E-state index is -0.335. The van der Waals surface area contributed by atoms with E-state index >= 15 is 0 Å². The number of ether oxygens (including phenoxy) is 3. The largest absolute Gasteiger partial charge is 0.465 e. The first-order valence-corrected chi connectivity index (χ1v) is 6.80. The van der Waals surface area contributed by atoms with Crippen molar-refractivity contribution in [3.8, 4) is 0 Å². The van der Waals surface area contributed by atoms with Crippen molar-refractivity contribution in [2.24, 2.45) is 0 Å². The second-order valence-corrected chi connectivity index (χ2v) is 4.74. The molecule has 1 saturated heterocycles. The van der Waals surface area contributed by atoms with Gasteiger partial charge in [-0.3, -0.25) is 0 Å². The fraction of sp³-hybridized carbons (Fsp3) is 0.235. The van der Waals surface area contributed by atoms with E-state index in [1.54, 1.807) is 6.07 Å². The molecule has 0 N–H and O–H groups in total. The van der Waals surface area contributed by atoms with Gasteiger partial charge in [0.15, 0.2) is 6.29 Å². The molecule has 4 nitrogen and oxygen atoms in total. The second kappa shape index (κ2) is 6.08. The molecule has 0 aliphatic carbocycles. The number of hydrogen-bond acceptors (Lipinski definition) is 4. The minimum Gasteiger partial charge on any atom is -0.465 e. The fourth-order valence-corrected chi connectivity index (χ4v) is 2.36. The Morgan fingerprint density at radius 1 is 1.24 bits per heavy atom. The number of rotatable bonds is 3. The number of hydrogen-bond donors (Lipinski definition) is 0. The van der Waals surface area contributed by atoms with Crippen LogP contribution in [0.25, 0.3) is 16.8 Å². The van der Waals surface area contributed by atoms with Crippen molar-refractivity contribution in [1.82, 2.24) is 0 Å². The van der Waals surface area contributed by atoms with Gasteiger partial charge >= 0.3 is 5.97 Å². The van der Waals surface area contributed by atoms with Gasteiger partial charge in [-0.05, 0) is 34.5 Å². The van der Waals surface area contributed by atoms with Gasteiger partial charge in [-0.1, -0.05) is 30.3 Å². The molecule has 0 radical (unpaired) electrons. The van der Waals surface area contributed by atoms with Gasteiger partial charge in [0.2, 0.25) is 0 Å². The van der Waals surface area contributed by atoms with E-state index in [0.29, 0.717) is 18.8 Å². The van der Waals surface area contributed by atoms with Crippen LogP contribution in [0, 0.1) is 0 Å². The lowest BCUT2D eigenvalue weighted by Crippen LogP contribution is -2.02. The Labute approximate surface area is 122 Å². The Bertz CT molecular complexity index is 684. The van der Waals surface area contributed by atoms with Crippen LogP contribution in [-0.2, 0) is 14.2 Å². The Hall–Kier alpha value is -2.17. The second-order valence-electron chi connectivity index (χ2n) is 4.74. The van der Waals surface area contributed by atoms with Crippen molar-refractivity contribution in [2.45, 2.75) is 6.29 Å². The van der Waals surface area contributed by atoms with E-state index in [1.165, 1.54) is 7.11 Å². The summed E-state index contributed by atoms with van der Waals surface area (Å²) in [5.41, 5.74) is 1.55. The van der Waals surface area contributed by atoms with Crippen LogP contribution in [0.5, 0.6) is 0 Å². The topological polar surface area (TPSA) is 44.8 Å². The first kappa shape index (κ1) is 13.8. The fourth-order valence-electron chi connectivity index (χ4n) is 2.36. The summed E-state index contributed by atoms with van der Waals surface area (Å²) in [5, 5.41) is 2.06. The first-order chi connectivity index (χ1) is 10.3. The van der Waals surface area contributed by atoms with E-state index < -0.39 is 0 Å². The average molecular weight is 284 g/mol. The highest BCUT2D eigenvalue weighted by Crippen LogP contribution is 2.22. The quantitative estimate of drug-likeness (QED) is 0.813. The molecule has 0 spiro atoms. The lowest BCUT2D eigenvalue weighted by molar-refractivity contribution is -0.000908. The maximum absolute atomic E-state index is 11.7. The van der Waals surface area contributed by atoms with Gasteiger partial charge in [-0.15, -0.1) is 0 Å². The van der Waals surface area contributed by atoms with Crippen molar-refractivity contribution in [3.05, 3.63) is 53.6 Å². The number of benzene rings is 2. The number of methoxy groups -OCH3 is 1. The van der Waals surface area contributed by atoms with Crippen molar-refractivity contribution >= 4 is 22.8 Å².